The van der Waals surface area contributed by atoms with Crippen LogP contribution in [0.3, 0.4) is 0 Å². The number of anilines is 2. The molecule has 120 valence electrons. The van der Waals surface area contributed by atoms with E-state index in [0.717, 1.165) is 27.8 Å². The number of aromatic amines is 1. The molecule has 0 fully saturated rings. The molecule has 0 bridgehead atoms. The molecule has 6 nitrogen and oxygen atoms in total. The lowest BCUT2D eigenvalue weighted by atomic mass is 10.0. The number of nitrogens with one attached hydrogen (secondary N) is 1. The lowest BCUT2D eigenvalue weighted by Gasteiger charge is -2.18. The van der Waals surface area contributed by atoms with Crippen LogP contribution in [0.2, 0.25) is 0 Å². The van der Waals surface area contributed by atoms with Gasteiger partial charge in [0.1, 0.15) is 6.07 Å². The van der Waals surface area contributed by atoms with Gasteiger partial charge in [0, 0.05) is 18.3 Å². The van der Waals surface area contributed by atoms with Crippen molar-refractivity contribution in [2.45, 2.75) is 0 Å². The summed E-state index contributed by atoms with van der Waals surface area (Å²) in [6.45, 7) is 0. The van der Waals surface area contributed by atoms with Crippen LogP contribution in [-0.2, 0) is 0 Å². The van der Waals surface area contributed by atoms with E-state index >= 15 is 0 Å². The molecule has 0 saturated carbocycles. The zero-order valence-electron chi connectivity index (χ0n) is 13.5. The Hall–Kier alpha value is -3.72. The van der Waals surface area contributed by atoms with E-state index in [-0.39, 0.29) is 0 Å². The molecule has 4 aromatic rings. The lowest BCUT2D eigenvalue weighted by Crippen LogP contribution is -2.13. The molecule has 6 heteroatoms. The highest BCUT2D eigenvalue weighted by molar-refractivity contribution is 5.95. The van der Waals surface area contributed by atoms with Crippen LogP contribution in [0.5, 0.6) is 0 Å². The van der Waals surface area contributed by atoms with Gasteiger partial charge in [0.25, 0.3) is 0 Å². The van der Waals surface area contributed by atoms with Gasteiger partial charge >= 0.3 is 0 Å². The summed E-state index contributed by atoms with van der Waals surface area (Å²) in [6, 6.07) is 16.2. The fourth-order valence-electron chi connectivity index (χ4n) is 2.73. The SMILES string of the molecule is CN(c1cc(-c2ccccc2)c2nc[nH]c2c1)c1ncc(C#N)cn1. The van der Waals surface area contributed by atoms with Gasteiger partial charge < -0.3 is 9.88 Å². The summed E-state index contributed by atoms with van der Waals surface area (Å²) in [5.74, 6) is 0.525. The maximum atomic E-state index is 8.89. The standard InChI is InChI=1S/C19H14N6/c1-25(19-21-10-13(9-20)11-22-19)15-7-16(14-5-3-2-4-6-14)18-17(8-15)23-12-24-18/h2-8,10-12H,1H3,(H,23,24). The van der Waals surface area contributed by atoms with Gasteiger partial charge in [-0.15, -0.1) is 0 Å². The van der Waals surface area contributed by atoms with Gasteiger partial charge in [0.15, 0.2) is 0 Å². The molecule has 0 atom stereocenters. The number of hydrogen-bond donors (Lipinski definition) is 1. The van der Waals surface area contributed by atoms with Crippen LogP contribution in [0.15, 0.2) is 61.2 Å². The normalized spacial score (nSPS) is 10.6. The fraction of sp³-hybridized carbons (Fsp3) is 0.0526. The van der Waals surface area contributed by atoms with E-state index in [1.165, 1.54) is 12.4 Å². The average molecular weight is 326 g/mol. The average Bonchev–Trinajstić information content (AvgIpc) is 3.16. The highest BCUT2D eigenvalue weighted by Crippen LogP contribution is 2.33. The minimum atomic E-state index is 0.436. The third-order valence-corrected chi connectivity index (χ3v) is 4.05. The van der Waals surface area contributed by atoms with Gasteiger partial charge in [-0.25, -0.2) is 15.0 Å². The van der Waals surface area contributed by atoms with Crippen molar-refractivity contribution in [3.63, 3.8) is 0 Å². The largest absolute Gasteiger partial charge is 0.345 e. The molecule has 0 spiro atoms. The molecule has 2 aromatic heterocycles. The first-order valence-electron chi connectivity index (χ1n) is 7.74. The Kier molecular flexibility index (Phi) is 3.60. The van der Waals surface area contributed by atoms with E-state index in [4.69, 9.17) is 5.26 Å². The number of nitrogens with zero attached hydrogens (tertiary/aromatic N) is 5. The molecule has 0 amide bonds. The van der Waals surface area contributed by atoms with E-state index in [2.05, 4.69) is 38.1 Å². The van der Waals surface area contributed by atoms with Crippen molar-refractivity contribution < 1.29 is 0 Å². The number of benzene rings is 2. The first kappa shape index (κ1) is 14.8. The zero-order valence-corrected chi connectivity index (χ0v) is 13.5. The second-order valence-corrected chi connectivity index (χ2v) is 5.60. The summed E-state index contributed by atoms with van der Waals surface area (Å²) in [4.78, 5) is 18.0. The van der Waals surface area contributed by atoms with Crippen molar-refractivity contribution in [1.29, 1.82) is 5.26 Å². The van der Waals surface area contributed by atoms with Gasteiger partial charge in [-0.2, -0.15) is 5.26 Å². The number of H-pyrrole nitrogens is 1. The van der Waals surface area contributed by atoms with Gasteiger partial charge in [-0.3, -0.25) is 0 Å². The monoisotopic (exact) mass is 326 g/mol. The lowest BCUT2D eigenvalue weighted by molar-refractivity contribution is 1.04. The van der Waals surface area contributed by atoms with Crippen molar-refractivity contribution >= 4 is 22.7 Å². The highest BCUT2D eigenvalue weighted by Gasteiger charge is 2.13. The molecular weight excluding hydrogens is 312 g/mol. The molecule has 0 aliphatic heterocycles. The summed E-state index contributed by atoms with van der Waals surface area (Å²) in [7, 11) is 1.90. The topological polar surface area (TPSA) is 81.5 Å². The molecule has 0 radical (unpaired) electrons. The highest BCUT2D eigenvalue weighted by atomic mass is 15.2. The third-order valence-electron chi connectivity index (χ3n) is 4.05. The Morgan fingerprint density at radius 2 is 1.80 bits per heavy atom. The molecule has 0 aliphatic carbocycles. The predicted octanol–water partition coefficient (Wildman–Crippen LogP) is 3.66. The van der Waals surface area contributed by atoms with Crippen molar-refractivity contribution in [3.8, 4) is 17.2 Å². The van der Waals surface area contributed by atoms with Crippen molar-refractivity contribution in [3.05, 3.63) is 66.7 Å². The summed E-state index contributed by atoms with van der Waals surface area (Å²) in [5, 5.41) is 8.89. The van der Waals surface area contributed by atoms with Crippen LogP contribution in [0, 0.1) is 11.3 Å². The van der Waals surface area contributed by atoms with Crippen LogP contribution in [0.4, 0.5) is 11.6 Å². The van der Waals surface area contributed by atoms with E-state index in [9.17, 15) is 0 Å². The van der Waals surface area contributed by atoms with Gasteiger partial charge in [-0.05, 0) is 17.7 Å². The Labute approximate surface area is 144 Å². The van der Waals surface area contributed by atoms with E-state index in [1.54, 1.807) is 6.33 Å². The summed E-state index contributed by atoms with van der Waals surface area (Å²) in [6.07, 6.45) is 4.73. The van der Waals surface area contributed by atoms with Crippen molar-refractivity contribution in [2.24, 2.45) is 0 Å². The molecule has 2 aromatic carbocycles. The smallest absolute Gasteiger partial charge is 0.229 e. The first-order valence-corrected chi connectivity index (χ1v) is 7.74. The van der Waals surface area contributed by atoms with Crippen LogP contribution < -0.4 is 4.90 Å². The number of hydrogen-bond acceptors (Lipinski definition) is 5. The summed E-state index contributed by atoms with van der Waals surface area (Å²) < 4.78 is 0. The molecule has 0 aliphatic rings. The third kappa shape index (κ3) is 2.68. The molecule has 0 unspecified atom stereocenters. The predicted molar refractivity (Wildman–Crippen MR) is 96.3 cm³/mol. The molecule has 2 heterocycles. The summed E-state index contributed by atoms with van der Waals surface area (Å²) >= 11 is 0. The van der Waals surface area contributed by atoms with E-state index < -0.39 is 0 Å². The fourth-order valence-corrected chi connectivity index (χ4v) is 2.73. The Bertz CT molecular complexity index is 1060. The van der Waals surface area contributed by atoms with Crippen LogP contribution >= 0.6 is 0 Å². The van der Waals surface area contributed by atoms with Crippen molar-refractivity contribution in [1.82, 2.24) is 19.9 Å². The molecule has 0 saturated heterocycles. The second kappa shape index (κ2) is 6.06. The molecule has 25 heavy (non-hydrogen) atoms. The van der Waals surface area contributed by atoms with Gasteiger partial charge in [-0.1, -0.05) is 30.3 Å². The summed E-state index contributed by atoms with van der Waals surface area (Å²) in [5.41, 5.74) is 5.36. The number of nitriles is 1. The number of rotatable bonds is 3. The van der Waals surface area contributed by atoms with Gasteiger partial charge in [0.2, 0.25) is 5.95 Å². The maximum Gasteiger partial charge on any atom is 0.229 e. The van der Waals surface area contributed by atoms with Crippen LogP contribution in [0.1, 0.15) is 5.56 Å². The van der Waals surface area contributed by atoms with E-state index in [0.29, 0.717) is 11.5 Å². The van der Waals surface area contributed by atoms with E-state index in [1.807, 2.05) is 42.3 Å². The second-order valence-electron chi connectivity index (χ2n) is 5.60. The quantitative estimate of drug-likeness (QED) is 0.621. The van der Waals surface area contributed by atoms with Crippen LogP contribution in [0.25, 0.3) is 22.2 Å². The number of aromatic nitrogens is 4. The Morgan fingerprint density at radius 1 is 1.04 bits per heavy atom. The number of fused-ring (bicyclic) bond motifs is 1. The van der Waals surface area contributed by atoms with Crippen LogP contribution in [-0.4, -0.2) is 27.0 Å². The molecule has 1 N–H and O–H groups in total. The Balaban J connectivity index is 1.83. The Morgan fingerprint density at radius 3 is 2.52 bits per heavy atom. The molecular formula is C19H14N6. The zero-order chi connectivity index (χ0) is 17.2. The van der Waals surface area contributed by atoms with Gasteiger partial charge in [0.05, 0.1) is 35.3 Å². The van der Waals surface area contributed by atoms with Crippen molar-refractivity contribution in [2.75, 3.05) is 11.9 Å². The maximum absolute atomic E-state index is 8.89. The first-order chi connectivity index (χ1) is 12.3. The number of imidazole rings is 1. The molecule has 4 rings (SSSR count). The minimum Gasteiger partial charge on any atom is -0.345 e. The minimum absolute atomic E-state index is 0.436.